The first-order valence-electron chi connectivity index (χ1n) is 14.2. The maximum Gasteiger partial charge on any atom is 0.423 e. The van der Waals surface area contributed by atoms with Crippen molar-refractivity contribution in [3.8, 4) is 11.8 Å². The molecule has 0 spiro atoms. The van der Waals surface area contributed by atoms with Crippen LogP contribution in [-0.4, -0.2) is 63.8 Å². The van der Waals surface area contributed by atoms with Crippen molar-refractivity contribution >= 4 is 17.4 Å². The number of hydrogen-bond donors (Lipinski definition) is 1. The Morgan fingerprint density at radius 3 is 2.69 bits per heavy atom. The molecule has 1 aromatic carbocycles. The molecule has 2 aliphatic heterocycles. The van der Waals surface area contributed by atoms with Crippen LogP contribution in [0.1, 0.15) is 45.2 Å². The van der Waals surface area contributed by atoms with Crippen LogP contribution in [0.2, 0.25) is 0 Å². The highest BCUT2D eigenvalue weighted by Gasteiger charge is 2.42. The summed E-state index contributed by atoms with van der Waals surface area (Å²) >= 11 is 0. The lowest BCUT2D eigenvalue weighted by Crippen LogP contribution is -2.35. The number of hydrogen-bond acceptors (Lipinski definition) is 9. The lowest BCUT2D eigenvalue weighted by molar-refractivity contribution is -0.138. The molecule has 0 bridgehead atoms. The molecule has 11 nitrogen and oxygen atoms in total. The molecule has 3 aromatic heterocycles. The third-order valence-electron chi connectivity index (χ3n) is 7.90. The average Bonchev–Trinajstić information content (AvgIpc) is 3.23. The Balaban J connectivity index is 1.18. The number of carbonyl (C=O) groups is 1. The second-order valence-corrected chi connectivity index (χ2v) is 10.6. The number of alkyl halides is 3. The topological polar surface area (TPSA) is 131 Å². The molecule has 230 valence electrons. The fourth-order valence-corrected chi connectivity index (χ4v) is 5.72. The van der Waals surface area contributed by atoms with Gasteiger partial charge in [0, 0.05) is 51.2 Å². The summed E-state index contributed by atoms with van der Waals surface area (Å²) in [5.74, 6) is 0.793. The van der Waals surface area contributed by atoms with E-state index in [4.69, 9.17) is 10.00 Å². The number of aromatic amines is 1. The number of nitriles is 1. The van der Waals surface area contributed by atoms with E-state index >= 15 is 0 Å². The van der Waals surface area contributed by atoms with Crippen LogP contribution < -0.4 is 20.1 Å². The van der Waals surface area contributed by atoms with Crippen molar-refractivity contribution in [3.63, 3.8) is 0 Å². The van der Waals surface area contributed by atoms with E-state index in [9.17, 15) is 22.8 Å². The average molecular weight is 617 g/mol. The van der Waals surface area contributed by atoms with E-state index in [0.29, 0.717) is 43.9 Å². The Kier molecular flexibility index (Phi) is 8.08. The van der Waals surface area contributed by atoms with Crippen LogP contribution in [0.5, 0.6) is 5.75 Å². The summed E-state index contributed by atoms with van der Waals surface area (Å²) in [5.41, 5.74) is -0.761. The molecule has 0 radical (unpaired) electrons. The minimum Gasteiger partial charge on any atom is -0.491 e. The van der Waals surface area contributed by atoms with Crippen LogP contribution in [0.25, 0.3) is 0 Å². The predicted molar refractivity (Wildman–Crippen MR) is 157 cm³/mol. The summed E-state index contributed by atoms with van der Waals surface area (Å²) in [6.07, 6.45) is -0.206. The van der Waals surface area contributed by atoms with Gasteiger partial charge in [-0.05, 0) is 35.7 Å². The highest BCUT2D eigenvalue weighted by molar-refractivity contribution is 5.92. The van der Waals surface area contributed by atoms with Gasteiger partial charge in [0.25, 0.3) is 11.5 Å². The molecule has 1 fully saturated rings. The number of nitrogens with zero attached hydrogens (tertiary/aromatic N) is 7. The van der Waals surface area contributed by atoms with Gasteiger partial charge in [-0.1, -0.05) is 24.3 Å². The molecular formula is C31H27F3N8O3. The lowest BCUT2D eigenvalue weighted by atomic mass is 10.1. The molecular weight excluding hydrogens is 589 g/mol. The minimum absolute atomic E-state index is 0.0605. The van der Waals surface area contributed by atoms with Crippen LogP contribution in [0, 0.1) is 11.3 Å². The summed E-state index contributed by atoms with van der Waals surface area (Å²) in [7, 11) is 0. The molecule has 4 aromatic rings. The Hall–Kier alpha value is -5.45. The Bertz CT molecular complexity index is 1810. The van der Waals surface area contributed by atoms with Gasteiger partial charge in [-0.25, -0.2) is 10.1 Å². The smallest absolute Gasteiger partial charge is 0.423 e. The zero-order chi connectivity index (χ0) is 31.6. The number of H-pyrrole nitrogens is 1. The van der Waals surface area contributed by atoms with Crippen LogP contribution in [0.4, 0.5) is 24.7 Å². The number of aromatic nitrogens is 4. The van der Waals surface area contributed by atoms with Crippen molar-refractivity contribution in [2.24, 2.45) is 0 Å². The second-order valence-electron chi connectivity index (χ2n) is 10.6. The Morgan fingerprint density at radius 1 is 1.07 bits per heavy atom. The number of benzene rings is 1. The molecule has 1 atom stereocenters. The van der Waals surface area contributed by atoms with Gasteiger partial charge in [0.2, 0.25) is 0 Å². The van der Waals surface area contributed by atoms with E-state index in [-0.39, 0.29) is 30.4 Å². The quantitative estimate of drug-likeness (QED) is 0.342. The molecule has 1 saturated heterocycles. The molecule has 45 heavy (non-hydrogen) atoms. The summed E-state index contributed by atoms with van der Waals surface area (Å²) in [5, 5.41) is 14.5. The van der Waals surface area contributed by atoms with Gasteiger partial charge in [-0.3, -0.25) is 14.6 Å². The predicted octanol–water partition coefficient (Wildman–Crippen LogP) is 3.94. The van der Waals surface area contributed by atoms with Gasteiger partial charge in [0.15, 0.2) is 0 Å². The maximum atomic E-state index is 13.9. The molecule has 5 heterocycles. The number of halogens is 3. The number of amides is 1. The lowest BCUT2D eigenvalue weighted by Gasteiger charge is -2.29. The number of ether oxygens (including phenoxy) is 1. The molecule has 1 amide bonds. The normalized spacial score (nSPS) is 16.6. The third-order valence-corrected chi connectivity index (χ3v) is 7.90. The monoisotopic (exact) mass is 616 g/mol. The minimum atomic E-state index is -4.89. The number of rotatable bonds is 6. The van der Waals surface area contributed by atoms with E-state index in [1.807, 2.05) is 17.2 Å². The fourth-order valence-electron chi connectivity index (χ4n) is 5.72. The Morgan fingerprint density at radius 2 is 1.91 bits per heavy atom. The molecule has 1 N–H and O–H groups in total. The van der Waals surface area contributed by atoms with E-state index < -0.39 is 23.3 Å². The number of nitrogens with one attached hydrogen (secondary N) is 1. The van der Waals surface area contributed by atoms with Gasteiger partial charge in [-0.2, -0.15) is 23.5 Å². The van der Waals surface area contributed by atoms with Crippen molar-refractivity contribution < 1.29 is 22.7 Å². The molecule has 0 aliphatic carbocycles. The van der Waals surface area contributed by atoms with Crippen molar-refractivity contribution in [1.82, 2.24) is 25.1 Å². The van der Waals surface area contributed by atoms with E-state index in [2.05, 4.69) is 26.0 Å². The van der Waals surface area contributed by atoms with Crippen LogP contribution in [0.3, 0.4) is 0 Å². The van der Waals surface area contributed by atoms with E-state index in [1.165, 1.54) is 23.4 Å². The first kappa shape index (κ1) is 29.6. The standard InChI is InChI=1S/C31H27F3N8O3/c32-31(33,34)28-25(17-38-39-29(28)43)42-18-21-4-1-2-5-23(21)26(42)19-45-22-8-9-36-24(14-22)30(44)41-11-3-10-40(12-13-41)27-7-6-20(15-35)16-37-27/h1-2,4-9,14,16-17,26H,3,10-13,18-19H2,(H,39,43). The number of carbonyl (C=O) groups excluding carboxylic acids is 1. The van der Waals surface area contributed by atoms with E-state index in [0.717, 1.165) is 23.1 Å². The molecule has 1 unspecified atom stereocenters. The SMILES string of the molecule is N#Cc1ccc(N2CCCN(C(=O)c3cc(OCC4c5ccccc5CN4c4cn[nH]c(=O)c4C(F)(F)F)ccn3)CC2)nc1. The second kappa shape index (κ2) is 12.3. The summed E-state index contributed by atoms with van der Waals surface area (Å²) in [6, 6.07) is 15.2. The van der Waals surface area contributed by atoms with Gasteiger partial charge in [-0.15, -0.1) is 0 Å². The van der Waals surface area contributed by atoms with Crippen LogP contribution >= 0.6 is 0 Å². The zero-order valence-electron chi connectivity index (χ0n) is 23.9. The van der Waals surface area contributed by atoms with Crippen molar-refractivity contribution in [3.05, 3.63) is 105 Å². The first-order valence-corrected chi connectivity index (χ1v) is 14.2. The van der Waals surface area contributed by atoms with Crippen LogP contribution in [0.15, 0.2) is 71.9 Å². The molecule has 0 saturated carbocycles. The van der Waals surface area contributed by atoms with Crippen molar-refractivity contribution in [2.75, 3.05) is 42.6 Å². The molecule has 6 rings (SSSR count). The van der Waals surface area contributed by atoms with Crippen LogP contribution in [-0.2, 0) is 12.7 Å². The maximum absolute atomic E-state index is 13.9. The Labute approximate surface area is 255 Å². The highest BCUT2D eigenvalue weighted by atomic mass is 19.4. The summed E-state index contributed by atoms with van der Waals surface area (Å²) in [6.45, 7) is 2.26. The fraction of sp³-hybridized carbons (Fsp3) is 0.290. The molecule has 14 heteroatoms. The summed E-state index contributed by atoms with van der Waals surface area (Å²) < 4.78 is 47.9. The highest BCUT2D eigenvalue weighted by Crippen LogP contribution is 2.42. The number of anilines is 2. The number of fused-ring (bicyclic) bond motifs is 1. The van der Waals surface area contributed by atoms with Crippen molar-refractivity contribution in [1.29, 1.82) is 5.26 Å². The third kappa shape index (κ3) is 6.14. The van der Waals surface area contributed by atoms with Gasteiger partial charge in [0.1, 0.15) is 35.5 Å². The van der Waals surface area contributed by atoms with Gasteiger partial charge < -0.3 is 19.4 Å². The summed E-state index contributed by atoms with van der Waals surface area (Å²) in [4.78, 5) is 39.5. The van der Waals surface area contributed by atoms with Gasteiger partial charge in [0.05, 0.1) is 23.5 Å². The molecule has 2 aliphatic rings. The van der Waals surface area contributed by atoms with Gasteiger partial charge >= 0.3 is 6.18 Å². The largest absolute Gasteiger partial charge is 0.491 e. The zero-order valence-corrected chi connectivity index (χ0v) is 23.9. The number of pyridine rings is 2. The first-order chi connectivity index (χ1) is 21.7. The van der Waals surface area contributed by atoms with Crippen molar-refractivity contribution in [2.45, 2.75) is 25.2 Å². The van der Waals surface area contributed by atoms with E-state index in [1.54, 1.807) is 35.2 Å².